The van der Waals surface area contributed by atoms with Gasteiger partial charge in [-0.2, -0.15) is 9.61 Å². The first-order valence-corrected chi connectivity index (χ1v) is 5.33. The zero-order valence-corrected chi connectivity index (χ0v) is 8.78. The SMILES string of the molecule is Clc1ccc2nnc(C3CCCN3)n2n1. The van der Waals surface area contributed by atoms with Gasteiger partial charge < -0.3 is 5.32 Å². The lowest BCUT2D eigenvalue weighted by Gasteiger charge is -2.06. The maximum atomic E-state index is 5.85. The minimum atomic E-state index is 0.256. The van der Waals surface area contributed by atoms with Gasteiger partial charge in [0.05, 0.1) is 6.04 Å². The highest BCUT2D eigenvalue weighted by molar-refractivity contribution is 6.29. The van der Waals surface area contributed by atoms with E-state index in [1.54, 1.807) is 10.6 Å². The molecule has 2 aromatic heterocycles. The molecule has 6 heteroatoms. The molecule has 3 rings (SSSR count). The lowest BCUT2D eigenvalue weighted by atomic mass is 10.2. The Balaban J connectivity index is 2.13. The molecule has 0 saturated carbocycles. The number of rotatable bonds is 1. The van der Waals surface area contributed by atoms with E-state index in [2.05, 4.69) is 20.6 Å². The largest absolute Gasteiger partial charge is 0.307 e. The Hall–Kier alpha value is -1.20. The second kappa shape index (κ2) is 3.43. The van der Waals surface area contributed by atoms with Crippen molar-refractivity contribution in [2.45, 2.75) is 18.9 Å². The van der Waals surface area contributed by atoms with Gasteiger partial charge in [0.15, 0.2) is 11.5 Å². The summed E-state index contributed by atoms with van der Waals surface area (Å²) in [6.07, 6.45) is 2.25. The number of nitrogens with one attached hydrogen (secondary N) is 1. The predicted octanol–water partition coefficient (Wildman–Crippen LogP) is 1.20. The quantitative estimate of drug-likeness (QED) is 0.790. The smallest absolute Gasteiger partial charge is 0.178 e. The van der Waals surface area contributed by atoms with Crippen LogP contribution in [0.5, 0.6) is 0 Å². The van der Waals surface area contributed by atoms with Crippen molar-refractivity contribution >= 4 is 17.2 Å². The van der Waals surface area contributed by atoms with Crippen LogP contribution in [0.2, 0.25) is 5.15 Å². The molecule has 1 aliphatic heterocycles. The number of hydrogen-bond acceptors (Lipinski definition) is 4. The molecule has 0 radical (unpaired) electrons. The number of halogens is 1. The average Bonchev–Trinajstić information content (AvgIpc) is 2.83. The van der Waals surface area contributed by atoms with Gasteiger partial charge in [-0.1, -0.05) is 11.6 Å². The van der Waals surface area contributed by atoms with Gasteiger partial charge in [-0.15, -0.1) is 10.2 Å². The normalized spacial score (nSPS) is 21.3. The molecule has 0 aliphatic carbocycles. The van der Waals surface area contributed by atoms with E-state index in [1.807, 2.05) is 6.07 Å². The summed E-state index contributed by atoms with van der Waals surface area (Å²) in [4.78, 5) is 0. The molecular weight excluding hydrogens is 214 g/mol. The molecule has 1 atom stereocenters. The van der Waals surface area contributed by atoms with Gasteiger partial charge >= 0.3 is 0 Å². The van der Waals surface area contributed by atoms with E-state index in [0.717, 1.165) is 24.4 Å². The van der Waals surface area contributed by atoms with Gasteiger partial charge in [0.1, 0.15) is 5.15 Å². The van der Waals surface area contributed by atoms with Crippen LogP contribution in [0.4, 0.5) is 0 Å². The van der Waals surface area contributed by atoms with E-state index < -0.39 is 0 Å². The van der Waals surface area contributed by atoms with Crippen LogP contribution in [0.25, 0.3) is 5.65 Å². The second-order valence-corrected chi connectivity index (χ2v) is 4.02. The fourth-order valence-corrected chi connectivity index (χ4v) is 2.04. The Labute approximate surface area is 91.5 Å². The first-order chi connectivity index (χ1) is 7.34. The second-order valence-electron chi connectivity index (χ2n) is 3.63. The van der Waals surface area contributed by atoms with E-state index in [9.17, 15) is 0 Å². The highest BCUT2D eigenvalue weighted by atomic mass is 35.5. The lowest BCUT2D eigenvalue weighted by molar-refractivity contribution is 0.584. The van der Waals surface area contributed by atoms with Gasteiger partial charge in [0.25, 0.3) is 0 Å². The lowest BCUT2D eigenvalue weighted by Crippen LogP contribution is -2.16. The molecule has 0 spiro atoms. The molecule has 1 fully saturated rings. The summed E-state index contributed by atoms with van der Waals surface area (Å²) in [7, 11) is 0. The Morgan fingerprint density at radius 3 is 3.13 bits per heavy atom. The van der Waals surface area contributed by atoms with Gasteiger partial charge in [0.2, 0.25) is 0 Å². The topological polar surface area (TPSA) is 55.1 Å². The molecule has 15 heavy (non-hydrogen) atoms. The summed E-state index contributed by atoms with van der Waals surface area (Å²) in [6.45, 7) is 1.03. The molecule has 78 valence electrons. The molecule has 2 aromatic rings. The van der Waals surface area contributed by atoms with Crippen molar-refractivity contribution in [2.24, 2.45) is 0 Å². The molecule has 1 aliphatic rings. The molecule has 0 aromatic carbocycles. The van der Waals surface area contributed by atoms with Crippen molar-refractivity contribution in [1.82, 2.24) is 25.1 Å². The van der Waals surface area contributed by atoms with Crippen LogP contribution in [-0.4, -0.2) is 26.4 Å². The highest BCUT2D eigenvalue weighted by Crippen LogP contribution is 2.21. The first kappa shape index (κ1) is 9.06. The maximum Gasteiger partial charge on any atom is 0.178 e. The Kier molecular flexibility index (Phi) is 2.07. The standard InChI is InChI=1S/C9H10ClN5/c10-7-3-4-8-12-13-9(15(8)14-7)6-2-1-5-11-6/h3-4,6,11H,1-2,5H2. The summed E-state index contributed by atoms with van der Waals surface area (Å²) < 4.78 is 1.71. The number of fused-ring (bicyclic) bond motifs is 1. The van der Waals surface area contributed by atoms with Crippen molar-refractivity contribution in [3.63, 3.8) is 0 Å². The fraction of sp³-hybridized carbons (Fsp3) is 0.444. The Morgan fingerprint density at radius 2 is 2.33 bits per heavy atom. The zero-order chi connectivity index (χ0) is 10.3. The van der Waals surface area contributed by atoms with E-state index >= 15 is 0 Å². The third kappa shape index (κ3) is 1.48. The Morgan fingerprint density at radius 1 is 1.40 bits per heavy atom. The number of nitrogens with zero attached hydrogens (tertiary/aromatic N) is 4. The Bertz CT molecular complexity index is 488. The molecular formula is C9H10ClN5. The van der Waals surface area contributed by atoms with Crippen molar-refractivity contribution < 1.29 is 0 Å². The van der Waals surface area contributed by atoms with Crippen LogP contribution < -0.4 is 5.32 Å². The maximum absolute atomic E-state index is 5.85. The molecule has 5 nitrogen and oxygen atoms in total. The number of aromatic nitrogens is 4. The minimum absolute atomic E-state index is 0.256. The molecule has 1 saturated heterocycles. The highest BCUT2D eigenvalue weighted by Gasteiger charge is 2.22. The fourth-order valence-electron chi connectivity index (χ4n) is 1.91. The van der Waals surface area contributed by atoms with E-state index in [1.165, 1.54) is 6.42 Å². The third-order valence-corrected chi connectivity index (χ3v) is 2.83. The first-order valence-electron chi connectivity index (χ1n) is 4.96. The predicted molar refractivity (Wildman–Crippen MR) is 55.8 cm³/mol. The summed E-state index contributed by atoms with van der Waals surface area (Å²) in [6, 6.07) is 3.80. The van der Waals surface area contributed by atoms with Crippen LogP contribution in [0.15, 0.2) is 12.1 Å². The minimum Gasteiger partial charge on any atom is -0.307 e. The summed E-state index contributed by atoms with van der Waals surface area (Å²) in [5.41, 5.74) is 0.739. The van der Waals surface area contributed by atoms with Gasteiger partial charge in [0, 0.05) is 0 Å². The number of hydrogen-bond donors (Lipinski definition) is 1. The molecule has 3 heterocycles. The monoisotopic (exact) mass is 223 g/mol. The van der Waals surface area contributed by atoms with Crippen LogP contribution in [0, 0.1) is 0 Å². The van der Waals surface area contributed by atoms with Crippen molar-refractivity contribution in [3.8, 4) is 0 Å². The third-order valence-electron chi connectivity index (χ3n) is 2.63. The summed E-state index contributed by atoms with van der Waals surface area (Å²) >= 11 is 5.85. The van der Waals surface area contributed by atoms with Crippen molar-refractivity contribution in [2.75, 3.05) is 6.54 Å². The summed E-state index contributed by atoms with van der Waals surface area (Å²) in [5.74, 6) is 0.852. The van der Waals surface area contributed by atoms with Crippen LogP contribution in [0.1, 0.15) is 24.7 Å². The van der Waals surface area contributed by atoms with E-state index in [-0.39, 0.29) is 6.04 Å². The molecule has 1 unspecified atom stereocenters. The average molecular weight is 224 g/mol. The van der Waals surface area contributed by atoms with Crippen LogP contribution in [-0.2, 0) is 0 Å². The molecule has 1 N–H and O–H groups in total. The van der Waals surface area contributed by atoms with Gasteiger partial charge in [-0.05, 0) is 31.5 Å². The zero-order valence-electron chi connectivity index (χ0n) is 8.02. The van der Waals surface area contributed by atoms with Crippen molar-refractivity contribution in [1.29, 1.82) is 0 Å². The van der Waals surface area contributed by atoms with Gasteiger partial charge in [-0.3, -0.25) is 0 Å². The van der Waals surface area contributed by atoms with Crippen molar-refractivity contribution in [3.05, 3.63) is 23.1 Å². The van der Waals surface area contributed by atoms with E-state index in [4.69, 9.17) is 11.6 Å². The molecule has 0 bridgehead atoms. The van der Waals surface area contributed by atoms with E-state index in [0.29, 0.717) is 5.15 Å². The van der Waals surface area contributed by atoms with Gasteiger partial charge in [-0.25, -0.2) is 0 Å². The summed E-state index contributed by atoms with van der Waals surface area (Å²) in [5, 5.41) is 16.2. The van der Waals surface area contributed by atoms with Crippen LogP contribution in [0.3, 0.4) is 0 Å². The van der Waals surface area contributed by atoms with Crippen LogP contribution >= 0.6 is 11.6 Å². The molecule has 0 amide bonds.